The molecule has 0 spiro atoms. The van der Waals surface area contributed by atoms with Crippen LogP contribution >= 0.6 is 0 Å². The Kier molecular flexibility index (Phi) is 4.78. The molecule has 110 valence electrons. The third-order valence-corrected chi connectivity index (χ3v) is 5.44. The van der Waals surface area contributed by atoms with Gasteiger partial charge in [-0.3, -0.25) is 4.90 Å². The summed E-state index contributed by atoms with van der Waals surface area (Å²) in [6, 6.07) is 0.637. The lowest BCUT2D eigenvalue weighted by atomic mass is 9.88. The molecule has 3 rings (SSSR count). The number of rotatable bonds is 2. The Morgan fingerprint density at radius 1 is 0.947 bits per heavy atom. The largest absolute Gasteiger partial charge is 0.393 e. The Morgan fingerprint density at radius 2 is 1.74 bits per heavy atom. The SMILES string of the molecule is OC1CCCCCC1CN1CCOC2CCCCC21. The molecule has 0 aromatic rings. The van der Waals surface area contributed by atoms with Crippen LogP contribution in [-0.2, 0) is 4.74 Å². The van der Waals surface area contributed by atoms with Crippen LogP contribution in [0.5, 0.6) is 0 Å². The van der Waals surface area contributed by atoms with E-state index >= 15 is 0 Å². The first-order valence-electron chi connectivity index (χ1n) is 8.38. The van der Waals surface area contributed by atoms with Gasteiger partial charge in [0.15, 0.2) is 0 Å². The van der Waals surface area contributed by atoms with E-state index < -0.39 is 0 Å². The van der Waals surface area contributed by atoms with Crippen LogP contribution in [0.1, 0.15) is 57.8 Å². The Morgan fingerprint density at radius 3 is 2.68 bits per heavy atom. The molecular formula is C16H29NO2. The van der Waals surface area contributed by atoms with Gasteiger partial charge in [-0.05, 0) is 31.6 Å². The molecule has 2 aliphatic carbocycles. The van der Waals surface area contributed by atoms with Crippen molar-refractivity contribution in [2.45, 2.75) is 76.0 Å². The van der Waals surface area contributed by atoms with E-state index in [1.807, 2.05) is 0 Å². The molecule has 4 atom stereocenters. The summed E-state index contributed by atoms with van der Waals surface area (Å²) in [7, 11) is 0. The maximum atomic E-state index is 10.3. The van der Waals surface area contributed by atoms with E-state index in [1.165, 1.54) is 51.4 Å². The van der Waals surface area contributed by atoms with Gasteiger partial charge in [-0.15, -0.1) is 0 Å². The molecule has 1 N–H and O–H groups in total. The minimum absolute atomic E-state index is 0.0626. The van der Waals surface area contributed by atoms with Crippen LogP contribution in [0, 0.1) is 5.92 Å². The van der Waals surface area contributed by atoms with Gasteiger partial charge in [0.2, 0.25) is 0 Å². The molecular weight excluding hydrogens is 238 g/mol. The van der Waals surface area contributed by atoms with Crippen LogP contribution in [-0.4, -0.2) is 48.0 Å². The number of nitrogens with zero attached hydrogens (tertiary/aromatic N) is 1. The van der Waals surface area contributed by atoms with Crippen LogP contribution in [0.4, 0.5) is 0 Å². The van der Waals surface area contributed by atoms with E-state index in [1.54, 1.807) is 0 Å². The van der Waals surface area contributed by atoms with Gasteiger partial charge in [-0.1, -0.05) is 32.1 Å². The number of morpholine rings is 1. The van der Waals surface area contributed by atoms with Crippen LogP contribution in [0.25, 0.3) is 0 Å². The lowest BCUT2D eigenvalue weighted by Crippen LogP contribution is -2.54. The zero-order valence-electron chi connectivity index (χ0n) is 12.1. The summed E-state index contributed by atoms with van der Waals surface area (Å²) in [6.07, 6.45) is 11.7. The maximum absolute atomic E-state index is 10.3. The van der Waals surface area contributed by atoms with Gasteiger partial charge >= 0.3 is 0 Å². The van der Waals surface area contributed by atoms with Crippen molar-refractivity contribution in [3.05, 3.63) is 0 Å². The molecule has 0 aromatic carbocycles. The molecule has 3 aliphatic rings. The number of hydrogen-bond donors (Lipinski definition) is 1. The zero-order chi connectivity index (χ0) is 13.1. The normalized spacial score (nSPS) is 41.5. The highest BCUT2D eigenvalue weighted by Crippen LogP contribution is 2.31. The van der Waals surface area contributed by atoms with E-state index in [0.29, 0.717) is 18.1 Å². The first kappa shape index (κ1) is 13.8. The molecule has 0 amide bonds. The standard InChI is InChI=1S/C16H29NO2/c18-15-8-3-1-2-6-13(15)12-17-10-11-19-16-9-5-4-7-14(16)17/h13-16,18H,1-12H2. The molecule has 0 radical (unpaired) electrons. The maximum Gasteiger partial charge on any atom is 0.0730 e. The molecule has 0 bridgehead atoms. The van der Waals surface area contributed by atoms with E-state index in [9.17, 15) is 5.11 Å². The molecule has 0 aromatic heterocycles. The second-order valence-corrected chi connectivity index (χ2v) is 6.72. The molecule has 3 heteroatoms. The first-order chi connectivity index (χ1) is 9.34. The Balaban J connectivity index is 1.60. The highest BCUT2D eigenvalue weighted by Gasteiger charge is 2.36. The fourth-order valence-corrected chi connectivity index (χ4v) is 4.28. The summed E-state index contributed by atoms with van der Waals surface area (Å²) in [4.78, 5) is 2.65. The van der Waals surface area contributed by atoms with E-state index in [-0.39, 0.29) is 6.10 Å². The smallest absolute Gasteiger partial charge is 0.0730 e. The average molecular weight is 267 g/mol. The molecule has 3 fully saturated rings. The van der Waals surface area contributed by atoms with Crippen molar-refractivity contribution in [2.24, 2.45) is 5.92 Å². The van der Waals surface area contributed by atoms with E-state index in [4.69, 9.17) is 4.74 Å². The van der Waals surface area contributed by atoms with Crippen molar-refractivity contribution in [3.63, 3.8) is 0 Å². The summed E-state index contributed by atoms with van der Waals surface area (Å²) in [5.74, 6) is 0.503. The van der Waals surface area contributed by atoms with E-state index in [0.717, 1.165) is 26.1 Å². The number of aliphatic hydroxyl groups is 1. The summed E-state index contributed by atoms with van der Waals surface area (Å²) >= 11 is 0. The minimum atomic E-state index is -0.0626. The van der Waals surface area contributed by atoms with Crippen molar-refractivity contribution in [1.29, 1.82) is 0 Å². The average Bonchev–Trinajstić information content (AvgIpc) is 2.65. The molecule has 1 aliphatic heterocycles. The quantitative estimate of drug-likeness (QED) is 0.781. The van der Waals surface area contributed by atoms with Crippen molar-refractivity contribution >= 4 is 0 Å². The van der Waals surface area contributed by atoms with Crippen molar-refractivity contribution < 1.29 is 9.84 Å². The summed E-state index contributed by atoms with van der Waals surface area (Å²) in [5.41, 5.74) is 0. The Labute approximate surface area is 117 Å². The minimum Gasteiger partial charge on any atom is -0.393 e. The van der Waals surface area contributed by atoms with Gasteiger partial charge in [0, 0.05) is 19.1 Å². The second-order valence-electron chi connectivity index (χ2n) is 6.72. The topological polar surface area (TPSA) is 32.7 Å². The summed E-state index contributed by atoms with van der Waals surface area (Å²) in [6.45, 7) is 3.07. The number of fused-ring (bicyclic) bond motifs is 1. The molecule has 4 unspecified atom stereocenters. The van der Waals surface area contributed by atoms with Crippen LogP contribution in [0.15, 0.2) is 0 Å². The molecule has 1 heterocycles. The predicted octanol–water partition coefficient (Wildman–Crippen LogP) is 2.57. The van der Waals surface area contributed by atoms with Gasteiger partial charge in [0.25, 0.3) is 0 Å². The molecule has 19 heavy (non-hydrogen) atoms. The van der Waals surface area contributed by atoms with Crippen LogP contribution < -0.4 is 0 Å². The van der Waals surface area contributed by atoms with Crippen molar-refractivity contribution in [2.75, 3.05) is 19.7 Å². The Hall–Kier alpha value is -0.120. The van der Waals surface area contributed by atoms with Gasteiger partial charge in [0.05, 0.1) is 18.8 Å². The fourth-order valence-electron chi connectivity index (χ4n) is 4.28. The number of aliphatic hydroxyl groups excluding tert-OH is 1. The lowest BCUT2D eigenvalue weighted by Gasteiger charge is -2.45. The van der Waals surface area contributed by atoms with Gasteiger partial charge in [-0.2, -0.15) is 0 Å². The molecule has 3 nitrogen and oxygen atoms in total. The van der Waals surface area contributed by atoms with Crippen molar-refractivity contribution in [1.82, 2.24) is 4.90 Å². The van der Waals surface area contributed by atoms with Gasteiger partial charge in [-0.25, -0.2) is 0 Å². The van der Waals surface area contributed by atoms with Gasteiger partial charge < -0.3 is 9.84 Å². The zero-order valence-corrected chi connectivity index (χ0v) is 12.1. The third kappa shape index (κ3) is 3.32. The van der Waals surface area contributed by atoms with Crippen LogP contribution in [0.3, 0.4) is 0 Å². The highest BCUT2D eigenvalue weighted by atomic mass is 16.5. The molecule has 1 saturated heterocycles. The van der Waals surface area contributed by atoms with Crippen molar-refractivity contribution in [3.8, 4) is 0 Å². The predicted molar refractivity (Wildman–Crippen MR) is 76.2 cm³/mol. The summed E-state index contributed by atoms with van der Waals surface area (Å²) in [5, 5.41) is 10.3. The number of ether oxygens (including phenoxy) is 1. The second kappa shape index (κ2) is 6.55. The Bertz CT molecular complexity index is 282. The van der Waals surface area contributed by atoms with Crippen LogP contribution in [0.2, 0.25) is 0 Å². The third-order valence-electron chi connectivity index (χ3n) is 5.44. The summed E-state index contributed by atoms with van der Waals surface area (Å²) < 4.78 is 5.95. The number of hydrogen-bond acceptors (Lipinski definition) is 3. The monoisotopic (exact) mass is 267 g/mol. The van der Waals surface area contributed by atoms with Gasteiger partial charge in [0.1, 0.15) is 0 Å². The first-order valence-corrected chi connectivity index (χ1v) is 8.38. The fraction of sp³-hybridized carbons (Fsp3) is 1.00. The highest BCUT2D eigenvalue weighted by molar-refractivity contribution is 4.89. The molecule has 2 saturated carbocycles. The lowest BCUT2D eigenvalue weighted by molar-refractivity contribution is -0.0970. The van der Waals surface area contributed by atoms with E-state index in [2.05, 4.69) is 4.90 Å².